The Kier molecular flexibility index (Phi) is 5.83. The van der Waals surface area contributed by atoms with Gasteiger partial charge in [0.25, 0.3) is 0 Å². The summed E-state index contributed by atoms with van der Waals surface area (Å²) in [5.41, 5.74) is 2.22. The van der Waals surface area contributed by atoms with Crippen LogP contribution in [0.25, 0.3) is 0 Å². The summed E-state index contributed by atoms with van der Waals surface area (Å²) in [6, 6.07) is 12.0. The molecular formula is C19H23N3O2S. The van der Waals surface area contributed by atoms with Crippen LogP contribution in [0.5, 0.6) is 0 Å². The van der Waals surface area contributed by atoms with Crippen LogP contribution in [0.4, 0.5) is 5.69 Å². The van der Waals surface area contributed by atoms with Crippen molar-refractivity contribution in [2.45, 2.75) is 19.9 Å². The average molecular weight is 357 g/mol. The average Bonchev–Trinajstić information content (AvgIpc) is 3.28. The van der Waals surface area contributed by atoms with E-state index in [4.69, 9.17) is 0 Å². The van der Waals surface area contributed by atoms with Crippen molar-refractivity contribution in [3.8, 4) is 0 Å². The molecule has 2 amide bonds. The van der Waals surface area contributed by atoms with Gasteiger partial charge in [0, 0.05) is 17.1 Å². The van der Waals surface area contributed by atoms with Gasteiger partial charge < -0.3 is 10.2 Å². The van der Waals surface area contributed by atoms with Crippen molar-refractivity contribution in [3.05, 3.63) is 52.2 Å². The maximum absolute atomic E-state index is 12.7. The maximum Gasteiger partial charge on any atom is 0.241 e. The summed E-state index contributed by atoms with van der Waals surface area (Å²) >= 11 is 1.62. The third-order valence-electron chi connectivity index (χ3n) is 4.40. The number of anilines is 1. The number of para-hydroxylation sites is 1. The minimum atomic E-state index is -0.0510. The SMILES string of the molecule is CCN(CC(=O)NCc1cccs1)CC(=O)N1CCc2ccccc21. The van der Waals surface area contributed by atoms with Crippen LogP contribution in [0.2, 0.25) is 0 Å². The van der Waals surface area contributed by atoms with Crippen LogP contribution in [-0.4, -0.2) is 42.9 Å². The molecule has 0 fully saturated rings. The molecule has 0 saturated heterocycles. The van der Waals surface area contributed by atoms with E-state index in [1.165, 1.54) is 5.56 Å². The van der Waals surface area contributed by atoms with Crippen molar-refractivity contribution in [1.82, 2.24) is 10.2 Å². The van der Waals surface area contributed by atoms with Crippen LogP contribution in [0.15, 0.2) is 41.8 Å². The smallest absolute Gasteiger partial charge is 0.241 e. The van der Waals surface area contributed by atoms with Crippen LogP contribution >= 0.6 is 11.3 Å². The Balaban J connectivity index is 1.51. The molecule has 0 radical (unpaired) electrons. The molecule has 1 aromatic carbocycles. The van der Waals surface area contributed by atoms with Gasteiger partial charge in [0.1, 0.15) is 0 Å². The number of carbonyl (C=O) groups excluding carboxylic acids is 2. The third-order valence-corrected chi connectivity index (χ3v) is 5.28. The topological polar surface area (TPSA) is 52.7 Å². The number of hydrogen-bond donors (Lipinski definition) is 1. The number of nitrogens with zero attached hydrogens (tertiary/aromatic N) is 2. The molecule has 0 unspecified atom stereocenters. The maximum atomic E-state index is 12.7. The van der Waals surface area contributed by atoms with Crippen molar-refractivity contribution in [1.29, 1.82) is 0 Å². The van der Waals surface area contributed by atoms with Gasteiger partial charge >= 0.3 is 0 Å². The van der Waals surface area contributed by atoms with E-state index in [2.05, 4.69) is 11.4 Å². The van der Waals surface area contributed by atoms with Gasteiger partial charge in [0.15, 0.2) is 0 Å². The van der Waals surface area contributed by atoms with E-state index in [0.29, 0.717) is 13.1 Å². The molecule has 1 aliphatic rings. The Labute approximate surface area is 152 Å². The molecule has 0 bridgehead atoms. The molecule has 0 aliphatic carbocycles. The molecule has 2 heterocycles. The number of carbonyl (C=O) groups is 2. The number of hydrogen-bond acceptors (Lipinski definition) is 4. The Morgan fingerprint density at radius 2 is 2.04 bits per heavy atom. The van der Waals surface area contributed by atoms with E-state index in [-0.39, 0.29) is 24.9 Å². The largest absolute Gasteiger partial charge is 0.350 e. The zero-order valence-corrected chi connectivity index (χ0v) is 15.2. The van der Waals surface area contributed by atoms with Gasteiger partial charge in [-0.25, -0.2) is 0 Å². The van der Waals surface area contributed by atoms with Crippen LogP contribution in [0.1, 0.15) is 17.4 Å². The third kappa shape index (κ3) is 4.46. The van der Waals surface area contributed by atoms with Gasteiger partial charge in [0.05, 0.1) is 19.6 Å². The molecule has 3 rings (SSSR count). The Hall–Kier alpha value is -2.18. The van der Waals surface area contributed by atoms with Gasteiger partial charge in [-0.15, -0.1) is 11.3 Å². The van der Waals surface area contributed by atoms with Crippen LogP contribution in [0, 0.1) is 0 Å². The number of likely N-dealkylation sites (N-methyl/N-ethyl adjacent to an activating group) is 1. The van der Waals surface area contributed by atoms with Crippen molar-refractivity contribution in [3.63, 3.8) is 0 Å². The number of rotatable bonds is 7. The number of amides is 2. The van der Waals surface area contributed by atoms with Gasteiger partial charge in [0.2, 0.25) is 11.8 Å². The van der Waals surface area contributed by atoms with Gasteiger partial charge in [-0.1, -0.05) is 31.2 Å². The summed E-state index contributed by atoms with van der Waals surface area (Å²) in [6.45, 7) is 4.40. The van der Waals surface area contributed by atoms with Crippen molar-refractivity contribution < 1.29 is 9.59 Å². The summed E-state index contributed by atoms with van der Waals surface area (Å²) in [5, 5.41) is 4.91. The fourth-order valence-corrected chi connectivity index (χ4v) is 3.66. The molecule has 132 valence electrons. The summed E-state index contributed by atoms with van der Waals surface area (Å²) < 4.78 is 0. The van der Waals surface area contributed by atoms with E-state index >= 15 is 0 Å². The molecule has 6 heteroatoms. The predicted molar refractivity (Wildman–Crippen MR) is 101 cm³/mol. The molecule has 1 N–H and O–H groups in total. The molecule has 1 aromatic heterocycles. The zero-order chi connectivity index (χ0) is 17.6. The lowest BCUT2D eigenvalue weighted by Gasteiger charge is -2.23. The van der Waals surface area contributed by atoms with E-state index in [9.17, 15) is 9.59 Å². The minimum absolute atomic E-state index is 0.0510. The number of fused-ring (bicyclic) bond motifs is 1. The van der Waals surface area contributed by atoms with E-state index in [0.717, 1.165) is 23.5 Å². The second kappa shape index (κ2) is 8.27. The fourth-order valence-electron chi connectivity index (χ4n) is 3.01. The highest BCUT2D eigenvalue weighted by atomic mass is 32.1. The van der Waals surface area contributed by atoms with Crippen molar-refractivity contribution in [2.24, 2.45) is 0 Å². The molecule has 25 heavy (non-hydrogen) atoms. The summed E-state index contributed by atoms with van der Waals surface area (Å²) in [7, 11) is 0. The standard InChI is InChI=1S/C19H23N3O2S/c1-2-21(13-18(23)20-12-16-7-5-11-25-16)14-19(24)22-10-9-15-6-3-4-8-17(15)22/h3-8,11H,2,9-10,12-14H2,1H3,(H,20,23). The lowest BCUT2D eigenvalue weighted by molar-refractivity contribution is -0.124. The number of nitrogens with one attached hydrogen (secondary N) is 1. The highest BCUT2D eigenvalue weighted by Crippen LogP contribution is 2.27. The highest BCUT2D eigenvalue weighted by Gasteiger charge is 2.25. The zero-order valence-electron chi connectivity index (χ0n) is 14.4. The molecule has 0 atom stereocenters. The van der Waals surface area contributed by atoms with E-state index in [1.807, 2.05) is 52.4 Å². The Morgan fingerprint density at radius 1 is 1.20 bits per heavy atom. The van der Waals surface area contributed by atoms with E-state index in [1.54, 1.807) is 11.3 Å². The minimum Gasteiger partial charge on any atom is -0.350 e. The van der Waals surface area contributed by atoms with Crippen LogP contribution < -0.4 is 10.2 Å². The first kappa shape index (κ1) is 17.6. The fraction of sp³-hybridized carbons (Fsp3) is 0.368. The van der Waals surface area contributed by atoms with Crippen molar-refractivity contribution >= 4 is 28.8 Å². The molecule has 0 saturated carbocycles. The highest BCUT2D eigenvalue weighted by molar-refractivity contribution is 7.09. The Bertz CT molecular complexity index is 730. The Morgan fingerprint density at radius 3 is 2.80 bits per heavy atom. The molecule has 1 aliphatic heterocycles. The number of benzene rings is 1. The molecular weight excluding hydrogens is 334 g/mol. The first-order chi connectivity index (χ1) is 12.2. The summed E-state index contributed by atoms with van der Waals surface area (Å²) in [4.78, 5) is 29.6. The van der Waals surface area contributed by atoms with Crippen LogP contribution in [0.3, 0.4) is 0 Å². The summed E-state index contributed by atoms with van der Waals surface area (Å²) in [6.07, 6.45) is 0.898. The van der Waals surface area contributed by atoms with Crippen molar-refractivity contribution in [2.75, 3.05) is 31.1 Å². The quantitative estimate of drug-likeness (QED) is 0.827. The lowest BCUT2D eigenvalue weighted by Crippen LogP contribution is -2.43. The first-order valence-corrected chi connectivity index (χ1v) is 9.45. The lowest BCUT2D eigenvalue weighted by atomic mass is 10.2. The van der Waals surface area contributed by atoms with Gasteiger partial charge in [-0.05, 0) is 36.0 Å². The second-order valence-electron chi connectivity index (χ2n) is 6.08. The molecule has 2 aromatic rings. The summed E-state index contributed by atoms with van der Waals surface area (Å²) in [5.74, 6) is 0.00253. The van der Waals surface area contributed by atoms with Gasteiger partial charge in [-0.3, -0.25) is 14.5 Å². The van der Waals surface area contributed by atoms with E-state index < -0.39 is 0 Å². The first-order valence-electron chi connectivity index (χ1n) is 8.57. The molecule has 0 spiro atoms. The monoisotopic (exact) mass is 357 g/mol. The van der Waals surface area contributed by atoms with Gasteiger partial charge in [-0.2, -0.15) is 0 Å². The second-order valence-corrected chi connectivity index (χ2v) is 7.12. The normalized spacial score (nSPS) is 13.1. The predicted octanol–water partition coefficient (Wildman–Crippen LogP) is 2.28. The number of thiophene rings is 1. The molecule has 5 nitrogen and oxygen atoms in total. The van der Waals surface area contributed by atoms with Crippen LogP contribution in [-0.2, 0) is 22.6 Å².